The molecule has 0 spiro atoms. The lowest BCUT2D eigenvalue weighted by molar-refractivity contribution is 0.0351. The number of hydrogen-bond acceptors (Lipinski definition) is 4. The Labute approximate surface area is 141 Å². The summed E-state index contributed by atoms with van der Waals surface area (Å²) in [6.07, 6.45) is 4.41. The molecule has 0 aromatic carbocycles. The zero-order valence-corrected chi connectivity index (χ0v) is 14.6. The highest BCUT2D eigenvalue weighted by Crippen LogP contribution is 2.40. The molecule has 2 fully saturated rings. The number of rotatable bonds is 3. The number of fused-ring (bicyclic) bond motifs is 1. The Morgan fingerprint density at radius 3 is 2.58 bits per heavy atom. The maximum atomic E-state index is 13.2. The van der Waals surface area contributed by atoms with Gasteiger partial charge in [-0.05, 0) is 38.7 Å². The second-order valence-electron chi connectivity index (χ2n) is 7.00. The number of ether oxygens (including phenoxy) is 1. The molecule has 4 rings (SSSR count). The topological polar surface area (TPSA) is 60.2 Å². The first-order valence-corrected chi connectivity index (χ1v) is 8.74. The first-order chi connectivity index (χ1) is 11.6. The molecule has 1 saturated carbocycles. The number of aromatic nitrogens is 3. The van der Waals surface area contributed by atoms with Gasteiger partial charge >= 0.3 is 0 Å². The normalized spacial score (nSPS) is 19.2. The van der Waals surface area contributed by atoms with E-state index >= 15 is 0 Å². The number of hydrogen-bond donors (Lipinski definition) is 0. The summed E-state index contributed by atoms with van der Waals surface area (Å²) in [6.45, 7) is 3.45. The van der Waals surface area contributed by atoms with Crippen LogP contribution in [0.1, 0.15) is 53.3 Å². The van der Waals surface area contributed by atoms with Gasteiger partial charge in [0.1, 0.15) is 0 Å². The zero-order valence-electron chi connectivity index (χ0n) is 14.6. The van der Waals surface area contributed by atoms with Crippen molar-refractivity contribution >= 4 is 16.9 Å². The van der Waals surface area contributed by atoms with Crippen molar-refractivity contribution in [1.82, 2.24) is 19.7 Å². The molecule has 1 aliphatic carbocycles. The van der Waals surface area contributed by atoms with E-state index in [-0.39, 0.29) is 12.0 Å². The van der Waals surface area contributed by atoms with Gasteiger partial charge in [0.15, 0.2) is 5.65 Å². The van der Waals surface area contributed by atoms with Gasteiger partial charge in [-0.1, -0.05) is 0 Å². The summed E-state index contributed by atoms with van der Waals surface area (Å²) in [5, 5.41) is 5.39. The van der Waals surface area contributed by atoms with Crippen molar-refractivity contribution in [3.05, 3.63) is 23.0 Å². The Balaban J connectivity index is 1.73. The standard InChI is InChI=1S/C18H24N4O2/c1-11-16-14(18(23)22-8-6-13(24-3)7-9-22)10-15(12-4-5-12)19-17(16)21(2)20-11/h10,12-13H,4-9H2,1-3H3. The van der Waals surface area contributed by atoms with Crippen LogP contribution < -0.4 is 0 Å². The van der Waals surface area contributed by atoms with E-state index in [2.05, 4.69) is 5.10 Å². The molecule has 24 heavy (non-hydrogen) atoms. The van der Waals surface area contributed by atoms with Gasteiger partial charge in [0.25, 0.3) is 5.91 Å². The maximum Gasteiger partial charge on any atom is 0.254 e. The molecule has 2 aromatic heterocycles. The fraction of sp³-hybridized carbons (Fsp3) is 0.611. The Hall–Kier alpha value is -1.95. The van der Waals surface area contributed by atoms with Crippen LogP contribution in [0.3, 0.4) is 0 Å². The number of methoxy groups -OCH3 is 1. The van der Waals surface area contributed by atoms with Gasteiger partial charge in [-0.25, -0.2) is 4.98 Å². The van der Waals surface area contributed by atoms with Crippen LogP contribution in [0.5, 0.6) is 0 Å². The number of piperidine rings is 1. The molecule has 1 saturated heterocycles. The van der Waals surface area contributed by atoms with Crippen molar-refractivity contribution in [2.75, 3.05) is 20.2 Å². The highest BCUT2D eigenvalue weighted by molar-refractivity contribution is 6.06. The van der Waals surface area contributed by atoms with Crippen LogP contribution in [-0.4, -0.2) is 51.9 Å². The van der Waals surface area contributed by atoms with Crippen LogP contribution in [-0.2, 0) is 11.8 Å². The van der Waals surface area contributed by atoms with Crippen molar-refractivity contribution < 1.29 is 9.53 Å². The molecule has 0 N–H and O–H groups in total. The highest BCUT2D eigenvalue weighted by atomic mass is 16.5. The number of carbonyl (C=O) groups excluding carboxylic acids is 1. The fourth-order valence-corrected chi connectivity index (χ4v) is 3.69. The minimum atomic E-state index is 0.106. The first-order valence-electron chi connectivity index (χ1n) is 8.74. The van der Waals surface area contributed by atoms with Crippen molar-refractivity contribution in [2.24, 2.45) is 7.05 Å². The minimum Gasteiger partial charge on any atom is -0.381 e. The van der Waals surface area contributed by atoms with Crippen LogP contribution >= 0.6 is 0 Å². The van der Waals surface area contributed by atoms with Crippen molar-refractivity contribution in [2.45, 2.75) is 44.6 Å². The summed E-state index contributed by atoms with van der Waals surface area (Å²) < 4.78 is 7.21. The number of amides is 1. The lowest BCUT2D eigenvalue weighted by Crippen LogP contribution is -2.40. The molecule has 0 atom stereocenters. The zero-order chi connectivity index (χ0) is 16.8. The minimum absolute atomic E-state index is 0.106. The molecular formula is C18H24N4O2. The average molecular weight is 328 g/mol. The second kappa shape index (κ2) is 5.84. The van der Waals surface area contributed by atoms with Gasteiger partial charge in [-0.15, -0.1) is 0 Å². The molecule has 128 valence electrons. The third-order valence-corrected chi connectivity index (χ3v) is 5.28. The van der Waals surface area contributed by atoms with Crippen LogP contribution in [0, 0.1) is 6.92 Å². The van der Waals surface area contributed by atoms with Gasteiger partial charge < -0.3 is 9.64 Å². The largest absolute Gasteiger partial charge is 0.381 e. The molecule has 6 nitrogen and oxygen atoms in total. The van der Waals surface area contributed by atoms with E-state index in [0.717, 1.165) is 53.9 Å². The molecule has 0 bridgehead atoms. The molecule has 1 amide bonds. The van der Waals surface area contributed by atoms with Crippen molar-refractivity contribution in [1.29, 1.82) is 0 Å². The maximum absolute atomic E-state index is 13.2. The summed E-state index contributed by atoms with van der Waals surface area (Å²) in [7, 11) is 3.65. The lowest BCUT2D eigenvalue weighted by Gasteiger charge is -2.31. The fourth-order valence-electron chi connectivity index (χ4n) is 3.69. The Morgan fingerprint density at radius 2 is 1.96 bits per heavy atom. The van der Waals surface area contributed by atoms with Crippen LogP contribution in [0.15, 0.2) is 6.07 Å². The average Bonchev–Trinajstić information content (AvgIpc) is 3.41. The van der Waals surface area contributed by atoms with E-state index in [4.69, 9.17) is 9.72 Å². The molecule has 3 heterocycles. The SMILES string of the molecule is COC1CCN(C(=O)c2cc(C3CC3)nc3c2c(C)nn3C)CC1. The Kier molecular flexibility index (Phi) is 3.79. The predicted molar refractivity (Wildman–Crippen MR) is 91.2 cm³/mol. The predicted octanol–water partition coefficient (Wildman–Crippen LogP) is 2.41. The number of aryl methyl sites for hydroxylation is 2. The number of nitrogens with zero attached hydrogens (tertiary/aromatic N) is 4. The Bertz CT molecular complexity index is 786. The molecule has 6 heteroatoms. The smallest absolute Gasteiger partial charge is 0.254 e. The van der Waals surface area contributed by atoms with Gasteiger partial charge in [0.05, 0.1) is 22.7 Å². The van der Waals surface area contributed by atoms with E-state index in [9.17, 15) is 4.79 Å². The summed E-state index contributed by atoms with van der Waals surface area (Å²) >= 11 is 0. The third-order valence-electron chi connectivity index (χ3n) is 5.28. The highest BCUT2D eigenvalue weighted by Gasteiger charge is 2.30. The van der Waals surface area contributed by atoms with Gasteiger partial charge in [-0.2, -0.15) is 5.10 Å². The first kappa shape index (κ1) is 15.6. The summed E-state index contributed by atoms with van der Waals surface area (Å²) in [4.78, 5) is 19.9. The van der Waals surface area contributed by atoms with Gasteiger partial charge in [-0.3, -0.25) is 9.48 Å². The monoisotopic (exact) mass is 328 g/mol. The second-order valence-corrected chi connectivity index (χ2v) is 7.00. The number of likely N-dealkylation sites (tertiary alicyclic amines) is 1. The van der Waals surface area contributed by atoms with E-state index in [0.29, 0.717) is 5.92 Å². The molecular weight excluding hydrogens is 304 g/mol. The van der Waals surface area contributed by atoms with E-state index < -0.39 is 0 Å². The van der Waals surface area contributed by atoms with Crippen LogP contribution in [0.4, 0.5) is 0 Å². The Morgan fingerprint density at radius 1 is 1.25 bits per heavy atom. The number of carbonyl (C=O) groups is 1. The summed E-state index contributed by atoms with van der Waals surface area (Å²) in [5.41, 5.74) is 3.51. The number of pyridine rings is 1. The molecule has 2 aromatic rings. The van der Waals surface area contributed by atoms with E-state index in [1.165, 1.54) is 12.8 Å². The summed E-state index contributed by atoms with van der Waals surface area (Å²) in [6, 6.07) is 2.01. The lowest BCUT2D eigenvalue weighted by atomic mass is 10.0. The molecule has 0 unspecified atom stereocenters. The van der Waals surface area contributed by atoms with Crippen LogP contribution in [0.2, 0.25) is 0 Å². The molecule has 2 aliphatic rings. The quantitative estimate of drug-likeness (QED) is 0.868. The van der Waals surface area contributed by atoms with E-state index in [1.807, 2.05) is 24.9 Å². The van der Waals surface area contributed by atoms with E-state index in [1.54, 1.807) is 11.8 Å². The summed E-state index contributed by atoms with van der Waals surface area (Å²) in [5.74, 6) is 0.616. The third kappa shape index (κ3) is 2.59. The molecule has 1 aliphatic heterocycles. The van der Waals surface area contributed by atoms with Crippen molar-refractivity contribution in [3.8, 4) is 0 Å². The molecule has 0 radical (unpaired) electrons. The van der Waals surface area contributed by atoms with Crippen LogP contribution in [0.25, 0.3) is 11.0 Å². The van der Waals surface area contributed by atoms with Gasteiger partial charge in [0.2, 0.25) is 0 Å². The van der Waals surface area contributed by atoms with Gasteiger partial charge in [0, 0.05) is 38.9 Å². The van der Waals surface area contributed by atoms with Crippen molar-refractivity contribution in [3.63, 3.8) is 0 Å².